The van der Waals surface area contributed by atoms with Crippen molar-refractivity contribution in [2.75, 3.05) is 13.1 Å². The molecule has 0 bridgehead atoms. The van der Waals surface area contributed by atoms with Gasteiger partial charge in [-0.15, -0.1) is 0 Å². The van der Waals surface area contributed by atoms with Crippen molar-refractivity contribution in [3.05, 3.63) is 34.3 Å². The fourth-order valence-corrected chi connectivity index (χ4v) is 3.72. The number of amides is 1. The summed E-state index contributed by atoms with van der Waals surface area (Å²) in [6.07, 6.45) is 3.95. The van der Waals surface area contributed by atoms with E-state index in [4.69, 9.17) is 5.73 Å². The van der Waals surface area contributed by atoms with Gasteiger partial charge in [-0.25, -0.2) is 0 Å². The Morgan fingerprint density at radius 3 is 2.57 bits per heavy atom. The van der Waals surface area contributed by atoms with Crippen LogP contribution >= 0.6 is 15.9 Å². The average Bonchev–Trinajstić information content (AvgIpc) is 2.44. The highest BCUT2D eigenvalue weighted by molar-refractivity contribution is 9.10. The summed E-state index contributed by atoms with van der Waals surface area (Å²) >= 11 is 3.60. The molecule has 1 aromatic rings. The quantitative estimate of drug-likeness (QED) is 0.844. The van der Waals surface area contributed by atoms with Crippen LogP contribution in [0.25, 0.3) is 0 Å². The molecule has 2 rings (SSSR count). The van der Waals surface area contributed by atoms with Crippen molar-refractivity contribution in [2.24, 2.45) is 11.1 Å². The molecule has 0 aromatic heterocycles. The van der Waals surface area contributed by atoms with E-state index in [1.54, 1.807) is 0 Å². The van der Waals surface area contributed by atoms with E-state index in [0.29, 0.717) is 6.54 Å². The van der Waals surface area contributed by atoms with Gasteiger partial charge in [0.2, 0.25) is 5.91 Å². The third kappa shape index (κ3) is 3.16. The van der Waals surface area contributed by atoms with Gasteiger partial charge in [-0.3, -0.25) is 4.79 Å². The Morgan fingerprint density at radius 1 is 1.43 bits per heavy atom. The molecule has 1 saturated carbocycles. The van der Waals surface area contributed by atoms with E-state index in [-0.39, 0.29) is 17.4 Å². The molecule has 0 heterocycles. The minimum atomic E-state index is -0.301. The molecule has 1 unspecified atom stereocenters. The molecule has 0 saturated heterocycles. The number of hydrogen-bond donors (Lipinski definition) is 1. The Balaban J connectivity index is 2.26. The molecule has 2 N–H and O–H groups in total. The zero-order valence-electron chi connectivity index (χ0n) is 12.9. The molecule has 1 amide bonds. The Hall–Kier alpha value is -0.870. The topological polar surface area (TPSA) is 46.3 Å². The molecule has 3 nitrogen and oxygen atoms in total. The number of nitrogens with zero attached hydrogens (tertiary/aromatic N) is 1. The summed E-state index contributed by atoms with van der Waals surface area (Å²) in [6, 6.07) is 8.20. The summed E-state index contributed by atoms with van der Waals surface area (Å²) in [4.78, 5) is 15.0. The summed E-state index contributed by atoms with van der Waals surface area (Å²) in [5.41, 5.74) is 6.77. The molecule has 21 heavy (non-hydrogen) atoms. The summed E-state index contributed by atoms with van der Waals surface area (Å²) in [6.45, 7) is 5.47. The van der Waals surface area contributed by atoms with Crippen molar-refractivity contribution >= 4 is 21.8 Å². The minimum absolute atomic E-state index is 0.0667. The first kappa shape index (κ1) is 16.5. The normalized spacial score (nSPS) is 17.9. The SMILES string of the molecule is CCCN(C(=O)C1(CN)CCC1)C(C)c1ccccc1Br. The molecule has 0 radical (unpaired) electrons. The molecule has 1 aliphatic carbocycles. The number of hydrogen-bond acceptors (Lipinski definition) is 2. The lowest BCUT2D eigenvalue weighted by molar-refractivity contribution is -0.149. The first-order chi connectivity index (χ1) is 10.1. The van der Waals surface area contributed by atoms with Gasteiger partial charge in [-0.2, -0.15) is 0 Å². The molecule has 0 aliphatic heterocycles. The fraction of sp³-hybridized carbons (Fsp3) is 0.588. The maximum atomic E-state index is 13.0. The smallest absolute Gasteiger partial charge is 0.230 e. The van der Waals surface area contributed by atoms with Gasteiger partial charge in [0, 0.05) is 17.6 Å². The van der Waals surface area contributed by atoms with Gasteiger partial charge in [0.1, 0.15) is 0 Å². The number of rotatable bonds is 6. The molecule has 116 valence electrons. The first-order valence-electron chi connectivity index (χ1n) is 7.81. The zero-order chi connectivity index (χ0) is 15.5. The van der Waals surface area contributed by atoms with Crippen LogP contribution in [-0.4, -0.2) is 23.9 Å². The monoisotopic (exact) mass is 352 g/mol. The lowest BCUT2D eigenvalue weighted by atomic mass is 9.67. The van der Waals surface area contributed by atoms with Gasteiger partial charge >= 0.3 is 0 Å². The second-order valence-electron chi connectivity index (χ2n) is 6.03. The fourth-order valence-electron chi connectivity index (χ4n) is 3.11. The van der Waals surface area contributed by atoms with Crippen LogP contribution in [0, 0.1) is 5.41 Å². The van der Waals surface area contributed by atoms with E-state index >= 15 is 0 Å². The van der Waals surface area contributed by atoms with Gasteiger partial charge in [0.25, 0.3) is 0 Å². The van der Waals surface area contributed by atoms with Crippen molar-refractivity contribution in [1.82, 2.24) is 4.90 Å². The van der Waals surface area contributed by atoms with E-state index in [1.807, 2.05) is 23.1 Å². The maximum Gasteiger partial charge on any atom is 0.230 e. The van der Waals surface area contributed by atoms with Gasteiger partial charge in [0.15, 0.2) is 0 Å². The lowest BCUT2D eigenvalue weighted by Crippen LogP contribution is -2.52. The van der Waals surface area contributed by atoms with Crippen LogP contribution < -0.4 is 5.73 Å². The Kier molecular flexibility index (Phi) is 5.44. The second kappa shape index (κ2) is 6.93. The molecule has 1 atom stereocenters. The molecule has 1 fully saturated rings. The predicted molar refractivity (Wildman–Crippen MR) is 89.9 cm³/mol. The first-order valence-corrected chi connectivity index (χ1v) is 8.60. The van der Waals surface area contributed by atoms with E-state index < -0.39 is 0 Å². The van der Waals surface area contributed by atoms with E-state index in [1.165, 1.54) is 0 Å². The second-order valence-corrected chi connectivity index (χ2v) is 6.89. The van der Waals surface area contributed by atoms with E-state index in [9.17, 15) is 4.79 Å². The van der Waals surface area contributed by atoms with Crippen molar-refractivity contribution in [2.45, 2.75) is 45.6 Å². The number of carbonyl (C=O) groups excluding carboxylic acids is 1. The van der Waals surface area contributed by atoms with Crippen molar-refractivity contribution in [3.8, 4) is 0 Å². The van der Waals surface area contributed by atoms with Crippen LogP contribution in [0.1, 0.15) is 51.1 Å². The highest BCUT2D eigenvalue weighted by Gasteiger charge is 2.46. The standard InChI is InChI=1S/C17H25BrN2O/c1-3-11-20(16(21)17(12-19)9-6-10-17)13(2)14-7-4-5-8-15(14)18/h4-5,7-8,13H,3,6,9-12,19H2,1-2H3. The highest BCUT2D eigenvalue weighted by Crippen LogP contribution is 2.43. The zero-order valence-corrected chi connectivity index (χ0v) is 14.5. The van der Waals surface area contributed by atoms with E-state index in [2.05, 4.69) is 35.8 Å². The summed E-state index contributed by atoms with van der Waals surface area (Å²) < 4.78 is 1.06. The number of nitrogens with two attached hydrogens (primary N) is 1. The van der Waals surface area contributed by atoms with E-state index in [0.717, 1.165) is 42.3 Å². The van der Waals surface area contributed by atoms with Crippen LogP contribution in [0.3, 0.4) is 0 Å². The van der Waals surface area contributed by atoms with Crippen LogP contribution in [0.5, 0.6) is 0 Å². The van der Waals surface area contributed by atoms with Gasteiger partial charge in [-0.05, 0) is 37.8 Å². The minimum Gasteiger partial charge on any atom is -0.335 e. The number of halogens is 1. The molecule has 0 spiro atoms. The molecular weight excluding hydrogens is 328 g/mol. The predicted octanol–water partition coefficient (Wildman–Crippen LogP) is 3.88. The van der Waals surface area contributed by atoms with Crippen LogP contribution in [0.2, 0.25) is 0 Å². The maximum absolute atomic E-state index is 13.0. The Morgan fingerprint density at radius 2 is 2.10 bits per heavy atom. The highest BCUT2D eigenvalue weighted by atomic mass is 79.9. The summed E-state index contributed by atoms with van der Waals surface area (Å²) in [5, 5.41) is 0. The number of carbonyl (C=O) groups is 1. The van der Waals surface area contributed by atoms with Gasteiger partial charge in [-0.1, -0.05) is 47.5 Å². The molecule has 4 heteroatoms. The third-order valence-electron chi connectivity index (χ3n) is 4.70. The largest absolute Gasteiger partial charge is 0.335 e. The summed E-state index contributed by atoms with van der Waals surface area (Å²) in [5.74, 6) is 0.237. The van der Waals surface area contributed by atoms with Crippen molar-refractivity contribution < 1.29 is 4.79 Å². The van der Waals surface area contributed by atoms with Crippen molar-refractivity contribution in [3.63, 3.8) is 0 Å². The third-order valence-corrected chi connectivity index (χ3v) is 5.43. The molecule has 1 aromatic carbocycles. The van der Waals surface area contributed by atoms with Crippen LogP contribution in [0.4, 0.5) is 0 Å². The Bertz CT molecular complexity index is 494. The van der Waals surface area contributed by atoms with Gasteiger partial charge < -0.3 is 10.6 Å². The molecular formula is C17H25BrN2O. The Labute approximate surface area is 136 Å². The molecule has 1 aliphatic rings. The van der Waals surface area contributed by atoms with Crippen LogP contribution in [-0.2, 0) is 4.79 Å². The van der Waals surface area contributed by atoms with Gasteiger partial charge in [0.05, 0.1) is 11.5 Å². The van der Waals surface area contributed by atoms with Crippen LogP contribution in [0.15, 0.2) is 28.7 Å². The number of benzene rings is 1. The summed E-state index contributed by atoms with van der Waals surface area (Å²) in [7, 11) is 0. The lowest BCUT2D eigenvalue weighted by Gasteiger charge is -2.44. The average molecular weight is 353 g/mol. The van der Waals surface area contributed by atoms with Crippen molar-refractivity contribution in [1.29, 1.82) is 0 Å².